The van der Waals surface area contributed by atoms with E-state index in [2.05, 4.69) is 5.32 Å². The van der Waals surface area contributed by atoms with Gasteiger partial charge in [0.25, 0.3) is 0 Å². The van der Waals surface area contributed by atoms with Crippen LogP contribution in [-0.2, 0) is 16.0 Å². The van der Waals surface area contributed by atoms with Crippen molar-refractivity contribution < 1.29 is 9.59 Å². The maximum atomic E-state index is 11.3. The molecule has 0 aliphatic carbocycles. The molecule has 1 atom stereocenters. The summed E-state index contributed by atoms with van der Waals surface area (Å²) in [7, 11) is 0. The van der Waals surface area contributed by atoms with Crippen LogP contribution >= 0.6 is 0 Å². The smallest absolute Gasteiger partial charge is 0.230 e. The van der Waals surface area contributed by atoms with Crippen molar-refractivity contribution in [2.45, 2.75) is 12.8 Å². The third kappa shape index (κ3) is 2.15. The van der Waals surface area contributed by atoms with Crippen LogP contribution in [0.1, 0.15) is 12.0 Å². The molecule has 1 aromatic carbocycles. The second-order valence-electron chi connectivity index (χ2n) is 3.76. The van der Waals surface area contributed by atoms with E-state index in [9.17, 15) is 9.59 Å². The molecular formula is C11H12N2O2. The number of nitrogen functional groups attached to an aromatic ring is 1. The molecule has 0 aromatic heterocycles. The first-order chi connectivity index (χ1) is 7.15. The number of hydrogen-bond donors (Lipinski definition) is 2. The van der Waals surface area contributed by atoms with E-state index in [1.54, 1.807) is 12.1 Å². The van der Waals surface area contributed by atoms with Crippen LogP contribution < -0.4 is 11.1 Å². The summed E-state index contributed by atoms with van der Waals surface area (Å²) in [6.45, 7) is 0. The minimum Gasteiger partial charge on any atom is -0.399 e. The zero-order valence-electron chi connectivity index (χ0n) is 8.19. The Morgan fingerprint density at radius 2 is 1.93 bits per heavy atom. The SMILES string of the molecule is Nc1ccc(C[C@H]2CC(=O)NC2=O)cc1. The molecule has 4 nitrogen and oxygen atoms in total. The molecule has 0 radical (unpaired) electrons. The third-order valence-electron chi connectivity index (χ3n) is 2.53. The Balaban J connectivity index is 2.06. The normalized spacial score (nSPS) is 20.4. The van der Waals surface area contributed by atoms with Gasteiger partial charge in [-0.3, -0.25) is 14.9 Å². The number of amides is 2. The number of nitrogens with one attached hydrogen (secondary N) is 1. The lowest BCUT2D eigenvalue weighted by molar-refractivity contribution is -0.125. The van der Waals surface area contributed by atoms with Crippen molar-refractivity contribution in [3.05, 3.63) is 29.8 Å². The first-order valence-corrected chi connectivity index (χ1v) is 4.83. The minimum absolute atomic E-state index is 0.170. The van der Waals surface area contributed by atoms with E-state index in [1.807, 2.05) is 12.1 Å². The Hall–Kier alpha value is -1.84. The summed E-state index contributed by atoms with van der Waals surface area (Å²) >= 11 is 0. The van der Waals surface area contributed by atoms with Gasteiger partial charge in [0.15, 0.2) is 0 Å². The standard InChI is InChI=1S/C11H12N2O2/c12-9-3-1-7(2-4-9)5-8-6-10(14)13-11(8)15/h1-4,8H,5-6,12H2,(H,13,14,15)/t8-/m0/s1. The molecule has 1 aromatic rings. The van der Waals surface area contributed by atoms with Gasteiger partial charge in [-0.15, -0.1) is 0 Å². The third-order valence-corrected chi connectivity index (χ3v) is 2.53. The van der Waals surface area contributed by atoms with Crippen LogP contribution in [0.25, 0.3) is 0 Å². The van der Waals surface area contributed by atoms with Crippen molar-refractivity contribution >= 4 is 17.5 Å². The summed E-state index contributed by atoms with van der Waals surface area (Å²) < 4.78 is 0. The van der Waals surface area contributed by atoms with Crippen LogP contribution in [0.3, 0.4) is 0 Å². The molecular weight excluding hydrogens is 192 g/mol. The molecule has 1 aliphatic rings. The summed E-state index contributed by atoms with van der Waals surface area (Å²) in [5, 5.41) is 2.30. The molecule has 0 spiro atoms. The first-order valence-electron chi connectivity index (χ1n) is 4.83. The van der Waals surface area contributed by atoms with Crippen molar-refractivity contribution in [1.29, 1.82) is 0 Å². The second kappa shape index (κ2) is 3.73. The van der Waals surface area contributed by atoms with Gasteiger partial charge in [-0.25, -0.2) is 0 Å². The number of anilines is 1. The van der Waals surface area contributed by atoms with Crippen LogP contribution in [0.15, 0.2) is 24.3 Å². The van der Waals surface area contributed by atoms with Gasteiger partial charge < -0.3 is 5.73 Å². The van der Waals surface area contributed by atoms with Crippen molar-refractivity contribution in [3.8, 4) is 0 Å². The van der Waals surface area contributed by atoms with Gasteiger partial charge in [0.05, 0.1) is 5.92 Å². The molecule has 0 unspecified atom stereocenters. The Morgan fingerprint density at radius 1 is 1.27 bits per heavy atom. The number of carbonyl (C=O) groups is 2. The second-order valence-corrected chi connectivity index (χ2v) is 3.76. The van der Waals surface area contributed by atoms with Crippen LogP contribution in [0.4, 0.5) is 5.69 Å². The molecule has 1 heterocycles. The molecule has 1 saturated heterocycles. The van der Waals surface area contributed by atoms with Gasteiger partial charge in [0.2, 0.25) is 11.8 Å². The zero-order chi connectivity index (χ0) is 10.8. The summed E-state index contributed by atoms with van der Waals surface area (Å²) in [6.07, 6.45) is 0.890. The van der Waals surface area contributed by atoms with E-state index in [4.69, 9.17) is 5.73 Å². The Kier molecular flexibility index (Phi) is 2.41. The molecule has 4 heteroatoms. The van der Waals surface area contributed by atoms with Crippen molar-refractivity contribution in [2.75, 3.05) is 5.73 Å². The first kappa shape index (κ1) is 9.71. The summed E-state index contributed by atoms with van der Waals surface area (Å²) in [5.41, 5.74) is 7.28. The van der Waals surface area contributed by atoms with Crippen LogP contribution in [0.2, 0.25) is 0 Å². The molecule has 1 aliphatic heterocycles. The van der Waals surface area contributed by atoms with Gasteiger partial charge >= 0.3 is 0 Å². The van der Waals surface area contributed by atoms with E-state index in [1.165, 1.54) is 0 Å². The Morgan fingerprint density at radius 3 is 2.47 bits per heavy atom. The van der Waals surface area contributed by atoms with Crippen molar-refractivity contribution in [1.82, 2.24) is 5.32 Å². The largest absolute Gasteiger partial charge is 0.399 e. The summed E-state index contributed by atoms with van der Waals surface area (Å²) in [4.78, 5) is 22.3. The average Bonchev–Trinajstić information content (AvgIpc) is 2.49. The number of hydrogen-bond acceptors (Lipinski definition) is 3. The highest BCUT2D eigenvalue weighted by atomic mass is 16.2. The Labute approximate surface area is 87.5 Å². The van der Waals surface area contributed by atoms with Crippen LogP contribution in [-0.4, -0.2) is 11.8 Å². The topological polar surface area (TPSA) is 72.2 Å². The molecule has 0 saturated carbocycles. The molecule has 3 N–H and O–H groups in total. The molecule has 2 amide bonds. The summed E-state index contributed by atoms with van der Waals surface area (Å²) in [6, 6.07) is 7.35. The van der Waals surface area contributed by atoms with E-state index in [-0.39, 0.29) is 17.7 Å². The van der Waals surface area contributed by atoms with E-state index in [0.29, 0.717) is 18.5 Å². The number of carbonyl (C=O) groups excluding carboxylic acids is 2. The predicted molar refractivity (Wildman–Crippen MR) is 55.8 cm³/mol. The van der Waals surface area contributed by atoms with E-state index >= 15 is 0 Å². The number of imide groups is 1. The highest BCUT2D eigenvalue weighted by molar-refractivity contribution is 6.03. The van der Waals surface area contributed by atoms with E-state index < -0.39 is 0 Å². The lowest BCUT2D eigenvalue weighted by Gasteiger charge is -2.05. The molecule has 15 heavy (non-hydrogen) atoms. The highest BCUT2D eigenvalue weighted by Crippen LogP contribution is 2.17. The number of benzene rings is 1. The predicted octanol–water partition coefficient (Wildman–Crippen LogP) is 0.474. The zero-order valence-corrected chi connectivity index (χ0v) is 8.19. The fourth-order valence-corrected chi connectivity index (χ4v) is 1.71. The summed E-state index contributed by atoms with van der Waals surface area (Å²) in [5.74, 6) is -0.571. The molecule has 78 valence electrons. The molecule has 2 rings (SSSR count). The molecule has 0 bridgehead atoms. The lowest BCUT2D eigenvalue weighted by atomic mass is 9.98. The Bertz CT molecular complexity index is 398. The van der Waals surface area contributed by atoms with Crippen LogP contribution in [0.5, 0.6) is 0 Å². The monoisotopic (exact) mass is 204 g/mol. The van der Waals surface area contributed by atoms with Gasteiger partial charge in [-0.2, -0.15) is 0 Å². The van der Waals surface area contributed by atoms with Gasteiger partial charge in [-0.1, -0.05) is 12.1 Å². The maximum absolute atomic E-state index is 11.3. The maximum Gasteiger partial charge on any atom is 0.230 e. The minimum atomic E-state index is -0.221. The number of nitrogens with two attached hydrogens (primary N) is 1. The highest BCUT2D eigenvalue weighted by Gasteiger charge is 2.30. The quantitative estimate of drug-likeness (QED) is 0.543. The fourth-order valence-electron chi connectivity index (χ4n) is 1.71. The average molecular weight is 204 g/mol. The molecule has 1 fully saturated rings. The van der Waals surface area contributed by atoms with Crippen molar-refractivity contribution in [3.63, 3.8) is 0 Å². The van der Waals surface area contributed by atoms with Crippen molar-refractivity contribution in [2.24, 2.45) is 5.92 Å². The van der Waals surface area contributed by atoms with E-state index in [0.717, 1.165) is 5.56 Å². The van der Waals surface area contributed by atoms with Gasteiger partial charge in [0, 0.05) is 12.1 Å². The van der Waals surface area contributed by atoms with Gasteiger partial charge in [0.1, 0.15) is 0 Å². The van der Waals surface area contributed by atoms with Crippen LogP contribution in [0, 0.1) is 5.92 Å². The fraction of sp³-hybridized carbons (Fsp3) is 0.273. The lowest BCUT2D eigenvalue weighted by Crippen LogP contribution is -2.22. The number of rotatable bonds is 2. The van der Waals surface area contributed by atoms with Gasteiger partial charge in [-0.05, 0) is 24.1 Å².